The highest BCUT2D eigenvalue weighted by molar-refractivity contribution is 5.97. The molecule has 5 rings (SSSR count). The van der Waals surface area contributed by atoms with Gasteiger partial charge in [-0.25, -0.2) is 0 Å². The lowest BCUT2D eigenvalue weighted by molar-refractivity contribution is -0.0461. The zero-order valence-electron chi connectivity index (χ0n) is 18.6. The van der Waals surface area contributed by atoms with Crippen molar-refractivity contribution in [2.24, 2.45) is 0 Å². The fraction of sp³-hybridized carbons (Fsp3) is 0.423. The Bertz CT molecular complexity index is 1060. The minimum Gasteiger partial charge on any atom is -0.491 e. The summed E-state index contributed by atoms with van der Waals surface area (Å²) < 4.78 is 11.5. The van der Waals surface area contributed by atoms with Gasteiger partial charge >= 0.3 is 0 Å². The molecule has 1 N–H and O–H groups in total. The van der Waals surface area contributed by atoms with Gasteiger partial charge in [-0.1, -0.05) is 24.3 Å². The average molecular weight is 434 g/mol. The lowest BCUT2D eigenvalue weighted by Crippen LogP contribution is -2.62. The van der Waals surface area contributed by atoms with E-state index in [0.717, 1.165) is 67.3 Å². The van der Waals surface area contributed by atoms with Crippen LogP contribution in [-0.2, 0) is 4.74 Å². The second-order valence-corrected chi connectivity index (χ2v) is 8.86. The molecule has 3 aromatic rings. The van der Waals surface area contributed by atoms with Crippen LogP contribution in [0.1, 0.15) is 5.69 Å². The number of fused-ring (bicyclic) bond motifs is 1. The Morgan fingerprint density at radius 1 is 1.12 bits per heavy atom. The number of ether oxygens (including phenoxy) is 2. The molecule has 0 saturated carbocycles. The van der Waals surface area contributed by atoms with E-state index in [-0.39, 0.29) is 6.61 Å². The number of β-amino-alcohol motifs (C(OH)–C–C–N with tert-alkyl or cyclic N) is 1. The summed E-state index contributed by atoms with van der Waals surface area (Å²) in [4.78, 5) is 9.13. The highest BCUT2D eigenvalue weighted by Gasteiger charge is 2.33. The molecular formula is C26H31N3O3. The zero-order valence-corrected chi connectivity index (χ0v) is 18.6. The maximum atomic E-state index is 10.6. The van der Waals surface area contributed by atoms with Gasteiger partial charge in [-0.15, -0.1) is 0 Å². The summed E-state index contributed by atoms with van der Waals surface area (Å²) in [6, 6.07) is 17.2. The maximum Gasteiger partial charge on any atom is 0.120 e. The molecule has 3 heterocycles. The first-order valence-corrected chi connectivity index (χ1v) is 11.5. The van der Waals surface area contributed by atoms with Crippen LogP contribution < -0.4 is 4.74 Å². The Hall–Kier alpha value is -2.51. The monoisotopic (exact) mass is 433 g/mol. The van der Waals surface area contributed by atoms with E-state index in [4.69, 9.17) is 9.47 Å². The Balaban J connectivity index is 1.22. The van der Waals surface area contributed by atoms with Gasteiger partial charge in [-0.2, -0.15) is 0 Å². The van der Waals surface area contributed by atoms with E-state index < -0.39 is 6.10 Å². The average Bonchev–Trinajstić information content (AvgIpc) is 2.80. The van der Waals surface area contributed by atoms with Gasteiger partial charge in [0.1, 0.15) is 18.5 Å². The van der Waals surface area contributed by atoms with Crippen LogP contribution in [0.15, 0.2) is 54.7 Å². The van der Waals surface area contributed by atoms with E-state index >= 15 is 0 Å². The summed E-state index contributed by atoms with van der Waals surface area (Å²) in [7, 11) is 0. The van der Waals surface area contributed by atoms with Crippen molar-refractivity contribution >= 4 is 10.8 Å². The van der Waals surface area contributed by atoms with E-state index in [0.29, 0.717) is 12.6 Å². The van der Waals surface area contributed by atoms with Crippen molar-refractivity contribution in [3.05, 3.63) is 60.4 Å². The number of rotatable bonds is 7. The third-order valence-corrected chi connectivity index (χ3v) is 6.45. The number of hydrogen-bond donors (Lipinski definition) is 1. The van der Waals surface area contributed by atoms with Gasteiger partial charge < -0.3 is 14.6 Å². The first-order valence-electron chi connectivity index (χ1n) is 11.5. The molecule has 2 aliphatic rings. The number of benzene rings is 2. The summed E-state index contributed by atoms with van der Waals surface area (Å²) in [5.41, 5.74) is 3.22. The number of hydrogen-bond acceptors (Lipinski definition) is 6. The smallest absolute Gasteiger partial charge is 0.120 e. The minimum atomic E-state index is -0.515. The third-order valence-electron chi connectivity index (χ3n) is 6.45. The van der Waals surface area contributed by atoms with E-state index in [2.05, 4.69) is 51.2 Å². The van der Waals surface area contributed by atoms with Crippen LogP contribution in [-0.4, -0.2) is 84.6 Å². The molecule has 6 heteroatoms. The number of morpholine rings is 1. The molecule has 0 amide bonds. The number of aromatic nitrogens is 1. The largest absolute Gasteiger partial charge is 0.491 e. The second kappa shape index (κ2) is 9.55. The van der Waals surface area contributed by atoms with Crippen molar-refractivity contribution in [3.8, 4) is 16.9 Å². The quantitative estimate of drug-likeness (QED) is 0.618. The lowest BCUT2D eigenvalue weighted by atomic mass is 9.98. The molecule has 2 aromatic carbocycles. The Labute approximate surface area is 189 Å². The molecule has 1 unspecified atom stereocenters. The predicted octanol–water partition coefficient (Wildman–Crippen LogP) is 2.97. The molecule has 2 fully saturated rings. The van der Waals surface area contributed by atoms with Crippen molar-refractivity contribution < 1.29 is 14.6 Å². The van der Waals surface area contributed by atoms with Crippen LogP contribution in [0.4, 0.5) is 0 Å². The third kappa shape index (κ3) is 4.79. The highest BCUT2D eigenvalue weighted by atomic mass is 16.5. The van der Waals surface area contributed by atoms with Crippen LogP contribution in [0.5, 0.6) is 5.75 Å². The number of aliphatic hydroxyl groups excluding tert-OH is 1. The van der Waals surface area contributed by atoms with E-state index in [1.165, 1.54) is 5.39 Å². The summed E-state index contributed by atoms with van der Waals surface area (Å²) in [5, 5.41) is 12.9. The summed E-state index contributed by atoms with van der Waals surface area (Å²) in [6.07, 6.45) is 1.33. The van der Waals surface area contributed by atoms with Crippen LogP contribution in [0, 0.1) is 6.92 Å². The first-order chi connectivity index (χ1) is 15.7. The number of pyridine rings is 1. The Kier molecular flexibility index (Phi) is 6.37. The van der Waals surface area contributed by atoms with Crippen molar-refractivity contribution in [1.29, 1.82) is 0 Å². The van der Waals surface area contributed by atoms with E-state index in [1.807, 2.05) is 25.3 Å². The summed E-state index contributed by atoms with van der Waals surface area (Å²) in [5.74, 6) is 0.780. The molecule has 168 valence electrons. The summed E-state index contributed by atoms with van der Waals surface area (Å²) >= 11 is 0. The molecule has 0 spiro atoms. The van der Waals surface area contributed by atoms with Gasteiger partial charge in [0, 0.05) is 50.7 Å². The molecule has 0 radical (unpaired) electrons. The van der Waals surface area contributed by atoms with Crippen molar-refractivity contribution in [2.75, 3.05) is 52.5 Å². The number of nitrogens with zero attached hydrogens (tertiary/aromatic N) is 3. The van der Waals surface area contributed by atoms with Gasteiger partial charge in [-0.3, -0.25) is 14.8 Å². The molecule has 6 nitrogen and oxygen atoms in total. The van der Waals surface area contributed by atoms with Gasteiger partial charge in [-0.05, 0) is 53.1 Å². The fourth-order valence-corrected chi connectivity index (χ4v) is 4.73. The van der Waals surface area contributed by atoms with Gasteiger partial charge in [0.25, 0.3) is 0 Å². The van der Waals surface area contributed by atoms with Crippen LogP contribution >= 0.6 is 0 Å². The number of aliphatic hydroxyl groups is 1. The normalized spacial score (nSPS) is 19.1. The molecule has 0 aliphatic carbocycles. The zero-order chi connectivity index (χ0) is 21.9. The summed E-state index contributed by atoms with van der Waals surface area (Å²) in [6.45, 7) is 8.66. The maximum absolute atomic E-state index is 10.6. The Morgan fingerprint density at radius 3 is 2.75 bits per heavy atom. The van der Waals surface area contributed by atoms with Gasteiger partial charge in [0.15, 0.2) is 0 Å². The standard InChI is InChI=1S/C26H31N3O3/c1-19-12-21(6-7-27-19)26-14-24(13-20-4-2-3-5-25(20)26)32-18-23(30)17-28-15-22(16-28)29-8-10-31-11-9-29/h2-7,12-14,22-23,30H,8-11,15-18H2,1H3. The van der Waals surface area contributed by atoms with Gasteiger partial charge in [0.2, 0.25) is 0 Å². The molecule has 1 atom stereocenters. The lowest BCUT2D eigenvalue weighted by Gasteiger charge is -2.47. The molecule has 32 heavy (non-hydrogen) atoms. The SMILES string of the molecule is Cc1cc(-c2cc(OCC(O)CN3CC(N4CCOCC4)C3)cc3ccccc23)ccn1. The molecular weight excluding hydrogens is 402 g/mol. The van der Waals surface area contributed by atoms with Crippen molar-refractivity contribution in [3.63, 3.8) is 0 Å². The number of aryl methyl sites for hydroxylation is 1. The molecule has 0 bridgehead atoms. The van der Waals surface area contributed by atoms with Crippen LogP contribution in [0.3, 0.4) is 0 Å². The molecule has 2 aliphatic heterocycles. The number of likely N-dealkylation sites (tertiary alicyclic amines) is 1. The molecule has 1 aromatic heterocycles. The topological polar surface area (TPSA) is 58.1 Å². The fourth-order valence-electron chi connectivity index (χ4n) is 4.73. The molecule has 2 saturated heterocycles. The highest BCUT2D eigenvalue weighted by Crippen LogP contribution is 2.33. The van der Waals surface area contributed by atoms with Crippen LogP contribution in [0.25, 0.3) is 21.9 Å². The predicted molar refractivity (Wildman–Crippen MR) is 126 cm³/mol. The van der Waals surface area contributed by atoms with Crippen molar-refractivity contribution in [2.45, 2.75) is 19.1 Å². The minimum absolute atomic E-state index is 0.284. The van der Waals surface area contributed by atoms with E-state index in [9.17, 15) is 5.11 Å². The van der Waals surface area contributed by atoms with E-state index in [1.54, 1.807) is 0 Å². The van der Waals surface area contributed by atoms with Crippen LogP contribution in [0.2, 0.25) is 0 Å². The Morgan fingerprint density at radius 2 is 1.94 bits per heavy atom. The van der Waals surface area contributed by atoms with Gasteiger partial charge in [0.05, 0.1) is 13.2 Å². The van der Waals surface area contributed by atoms with Crippen molar-refractivity contribution in [1.82, 2.24) is 14.8 Å². The second-order valence-electron chi connectivity index (χ2n) is 8.86. The first kappa shape index (κ1) is 21.3.